The van der Waals surface area contributed by atoms with E-state index in [0.29, 0.717) is 17.0 Å². The molecule has 0 saturated heterocycles. The topological polar surface area (TPSA) is 0 Å². The van der Waals surface area contributed by atoms with Gasteiger partial charge in [-0.05, 0) is 62.0 Å². The lowest BCUT2D eigenvalue weighted by Crippen LogP contribution is -2.13. The molecule has 0 bridgehead atoms. The van der Waals surface area contributed by atoms with E-state index in [9.17, 15) is 8.78 Å². The van der Waals surface area contributed by atoms with E-state index >= 15 is 0 Å². The van der Waals surface area contributed by atoms with Crippen molar-refractivity contribution in [2.24, 2.45) is 5.92 Å². The Kier molecular flexibility index (Phi) is 5.33. The van der Waals surface area contributed by atoms with Gasteiger partial charge in [-0.3, -0.25) is 0 Å². The second kappa shape index (κ2) is 7.01. The maximum atomic E-state index is 14.0. The average Bonchev–Trinajstić information content (AvgIpc) is 2.46. The van der Waals surface area contributed by atoms with Gasteiger partial charge in [-0.15, -0.1) is 0 Å². The summed E-state index contributed by atoms with van der Waals surface area (Å²) in [6, 6.07) is 3.46. The van der Waals surface area contributed by atoms with E-state index in [2.05, 4.69) is 19.1 Å². The van der Waals surface area contributed by atoms with Gasteiger partial charge in [0.15, 0.2) is 11.6 Å². The molecule has 0 aliphatic heterocycles. The molecular formula is C18H24F2. The normalized spacial score (nSPS) is 23.4. The largest absolute Gasteiger partial charge is 0.203 e. The van der Waals surface area contributed by atoms with E-state index < -0.39 is 11.6 Å². The van der Waals surface area contributed by atoms with Gasteiger partial charge in [-0.25, -0.2) is 8.78 Å². The van der Waals surface area contributed by atoms with Crippen LogP contribution in [0.1, 0.15) is 62.5 Å². The molecule has 2 heteroatoms. The van der Waals surface area contributed by atoms with Crippen molar-refractivity contribution in [1.82, 2.24) is 0 Å². The molecule has 0 nitrogen and oxygen atoms in total. The van der Waals surface area contributed by atoms with Gasteiger partial charge in [0, 0.05) is 0 Å². The van der Waals surface area contributed by atoms with Crippen LogP contribution in [-0.2, 0) is 0 Å². The Bertz CT molecular complexity index is 469. The number of halogens is 2. The van der Waals surface area contributed by atoms with Crippen molar-refractivity contribution in [3.8, 4) is 0 Å². The predicted molar refractivity (Wildman–Crippen MR) is 79.8 cm³/mol. The van der Waals surface area contributed by atoms with E-state index in [0.717, 1.165) is 32.1 Å². The lowest BCUT2D eigenvalue weighted by molar-refractivity contribution is 0.363. The molecule has 0 unspecified atom stereocenters. The number of hydrogen-bond donors (Lipinski definition) is 0. The standard InChI is InChI=1S/C18H24F2/c1-3-4-5-6-14-8-10-15(11-9-14)16-12-7-13(2)17(19)18(16)20/h5-7,12,14-15H,3-4,8-11H2,1-2H3/b6-5+. The molecule has 1 aromatic carbocycles. The summed E-state index contributed by atoms with van der Waals surface area (Å²) in [5.41, 5.74) is 0.964. The van der Waals surface area contributed by atoms with Crippen molar-refractivity contribution in [3.05, 3.63) is 47.0 Å². The number of benzene rings is 1. The third-order valence-electron chi connectivity index (χ3n) is 4.38. The molecule has 1 aliphatic carbocycles. The number of aryl methyl sites for hydroxylation is 1. The number of hydrogen-bond acceptors (Lipinski definition) is 0. The highest BCUT2D eigenvalue weighted by molar-refractivity contribution is 5.28. The van der Waals surface area contributed by atoms with Crippen molar-refractivity contribution in [2.75, 3.05) is 0 Å². The van der Waals surface area contributed by atoms with Gasteiger partial charge < -0.3 is 0 Å². The minimum Gasteiger partial charge on any atom is -0.203 e. The van der Waals surface area contributed by atoms with Gasteiger partial charge in [0.05, 0.1) is 0 Å². The molecule has 0 N–H and O–H groups in total. The van der Waals surface area contributed by atoms with Crippen LogP contribution in [0.5, 0.6) is 0 Å². The SMILES string of the molecule is CCC/C=C/C1CCC(c2ccc(C)c(F)c2F)CC1. The summed E-state index contributed by atoms with van der Waals surface area (Å²) in [6.07, 6.45) is 11.0. The van der Waals surface area contributed by atoms with Crippen molar-refractivity contribution in [3.63, 3.8) is 0 Å². The Morgan fingerprint density at radius 3 is 2.45 bits per heavy atom. The van der Waals surface area contributed by atoms with Crippen LogP contribution in [0.15, 0.2) is 24.3 Å². The molecule has 2 rings (SSSR count). The number of allylic oxidation sites excluding steroid dienone is 2. The third-order valence-corrected chi connectivity index (χ3v) is 4.38. The van der Waals surface area contributed by atoms with Crippen LogP contribution in [0.25, 0.3) is 0 Å². The molecule has 20 heavy (non-hydrogen) atoms. The van der Waals surface area contributed by atoms with Crippen LogP contribution in [0.4, 0.5) is 8.78 Å². The van der Waals surface area contributed by atoms with Crippen LogP contribution in [0.2, 0.25) is 0 Å². The summed E-state index contributed by atoms with van der Waals surface area (Å²) in [5, 5.41) is 0. The molecule has 1 aromatic rings. The van der Waals surface area contributed by atoms with Crippen molar-refractivity contribution in [1.29, 1.82) is 0 Å². The molecule has 0 spiro atoms. The van der Waals surface area contributed by atoms with Crippen LogP contribution >= 0.6 is 0 Å². The molecule has 110 valence electrons. The quantitative estimate of drug-likeness (QED) is 0.601. The first-order valence-electron chi connectivity index (χ1n) is 7.74. The predicted octanol–water partition coefficient (Wildman–Crippen LogP) is 5.90. The van der Waals surface area contributed by atoms with E-state index in [4.69, 9.17) is 0 Å². The van der Waals surface area contributed by atoms with Gasteiger partial charge in [0.2, 0.25) is 0 Å². The minimum atomic E-state index is -0.674. The molecule has 1 aliphatic rings. The van der Waals surface area contributed by atoms with Crippen LogP contribution < -0.4 is 0 Å². The molecule has 0 aromatic heterocycles. The summed E-state index contributed by atoms with van der Waals surface area (Å²) in [7, 11) is 0. The Balaban J connectivity index is 1.99. The summed E-state index contributed by atoms with van der Waals surface area (Å²) in [5.74, 6) is -0.500. The maximum absolute atomic E-state index is 14.0. The Morgan fingerprint density at radius 1 is 1.10 bits per heavy atom. The van der Waals surface area contributed by atoms with E-state index in [1.165, 1.54) is 6.42 Å². The summed E-state index contributed by atoms with van der Waals surface area (Å²) in [6.45, 7) is 3.79. The molecule has 0 heterocycles. The highest BCUT2D eigenvalue weighted by Crippen LogP contribution is 2.38. The Morgan fingerprint density at radius 2 is 1.80 bits per heavy atom. The third kappa shape index (κ3) is 3.47. The smallest absolute Gasteiger partial charge is 0.162 e. The fourth-order valence-electron chi connectivity index (χ4n) is 3.05. The van der Waals surface area contributed by atoms with Crippen LogP contribution in [-0.4, -0.2) is 0 Å². The first kappa shape index (κ1) is 15.2. The van der Waals surface area contributed by atoms with Crippen LogP contribution in [0, 0.1) is 24.5 Å². The first-order valence-corrected chi connectivity index (χ1v) is 7.74. The molecular weight excluding hydrogens is 254 g/mol. The van der Waals surface area contributed by atoms with Gasteiger partial charge in [-0.1, -0.05) is 37.6 Å². The zero-order chi connectivity index (χ0) is 14.5. The maximum Gasteiger partial charge on any atom is 0.162 e. The van der Waals surface area contributed by atoms with Crippen molar-refractivity contribution < 1.29 is 8.78 Å². The zero-order valence-corrected chi connectivity index (χ0v) is 12.5. The van der Waals surface area contributed by atoms with E-state index in [1.54, 1.807) is 19.1 Å². The lowest BCUT2D eigenvalue weighted by atomic mass is 9.78. The van der Waals surface area contributed by atoms with Crippen molar-refractivity contribution in [2.45, 2.75) is 58.3 Å². The van der Waals surface area contributed by atoms with E-state index in [-0.39, 0.29) is 5.92 Å². The summed E-state index contributed by atoms with van der Waals surface area (Å²) < 4.78 is 27.6. The second-order valence-corrected chi connectivity index (χ2v) is 5.93. The van der Waals surface area contributed by atoms with Crippen LogP contribution in [0.3, 0.4) is 0 Å². The average molecular weight is 278 g/mol. The fraction of sp³-hybridized carbons (Fsp3) is 0.556. The van der Waals surface area contributed by atoms with Gasteiger partial charge in [-0.2, -0.15) is 0 Å². The van der Waals surface area contributed by atoms with Gasteiger partial charge >= 0.3 is 0 Å². The monoisotopic (exact) mass is 278 g/mol. The second-order valence-electron chi connectivity index (χ2n) is 5.93. The van der Waals surface area contributed by atoms with Gasteiger partial charge in [0.1, 0.15) is 0 Å². The Hall–Kier alpha value is -1.18. The molecule has 0 radical (unpaired) electrons. The molecule has 1 fully saturated rings. The molecule has 0 amide bonds. The summed E-state index contributed by atoms with van der Waals surface area (Å²) >= 11 is 0. The number of unbranched alkanes of at least 4 members (excludes halogenated alkanes) is 1. The highest BCUT2D eigenvalue weighted by Gasteiger charge is 2.24. The lowest BCUT2D eigenvalue weighted by Gasteiger charge is -2.27. The highest BCUT2D eigenvalue weighted by atomic mass is 19.2. The van der Waals surface area contributed by atoms with Crippen molar-refractivity contribution >= 4 is 0 Å². The Labute approximate surface area is 120 Å². The number of rotatable bonds is 4. The van der Waals surface area contributed by atoms with Gasteiger partial charge in [0.25, 0.3) is 0 Å². The van der Waals surface area contributed by atoms with E-state index in [1.807, 2.05) is 0 Å². The molecule has 0 atom stereocenters. The fourth-order valence-corrected chi connectivity index (χ4v) is 3.05. The minimum absolute atomic E-state index is 0.181. The first-order chi connectivity index (χ1) is 9.63. The molecule has 1 saturated carbocycles. The summed E-state index contributed by atoms with van der Waals surface area (Å²) in [4.78, 5) is 0. The zero-order valence-electron chi connectivity index (χ0n) is 12.5.